The lowest BCUT2D eigenvalue weighted by atomic mass is 9.85. The summed E-state index contributed by atoms with van der Waals surface area (Å²) in [4.78, 5) is 20.4. The second kappa shape index (κ2) is 6.35. The summed E-state index contributed by atoms with van der Waals surface area (Å²) in [5.41, 5.74) is 1.71. The fourth-order valence-electron chi connectivity index (χ4n) is 2.17. The van der Waals surface area contributed by atoms with Crippen LogP contribution in [0.3, 0.4) is 0 Å². The Bertz CT molecular complexity index is 593. The monoisotopic (exact) mass is 282 g/mol. The fraction of sp³-hybridized carbons (Fsp3) is 0.312. The molecule has 2 aromatic heterocycles. The molecule has 5 nitrogen and oxygen atoms in total. The van der Waals surface area contributed by atoms with E-state index in [9.17, 15) is 4.79 Å². The van der Waals surface area contributed by atoms with Crippen LogP contribution < -0.4 is 10.6 Å². The molecule has 0 saturated heterocycles. The van der Waals surface area contributed by atoms with Gasteiger partial charge in [-0.15, -0.1) is 0 Å². The first kappa shape index (κ1) is 13.5. The first-order valence-electron chi connectivity index (χ1n) is 7.22. The van der Waals surface area contributed by atoms with E-state index in [2.05, 4.69) is 20.6 Å². The summed E-state index contributed by atoms with van der Waals surface area (Å²) in [7, 11) is 0. The first-order chi connectivity index (χ1) is 10.3. The van der Waals surface area contributed by atoms with Crippen molar-refractivity contribution in [3.8, 4) is 0 Å². The highest BCUT2D eigenvalue weighted by Gasteiger charge is 2.25. The van der Waals surface area contributed by atoms with E-state index in [4.69, 9.17) is 0 Å². The minimum absolute atomic E-state index is 0.109. The van der Waals surface area contributed by atoms with Crippen LogP contribution in [0.2, 0.25) is 0 Å². The van der Waals surface area contributed by atoms with Crippen LogP contribution in [0, 0.1) is 5.92 Å². The van der Waals surface area contributed by atoms with Crippen LogP contribution >= 0.6 is 0 Å². The normalized spacial score (nSPS) is 14.3. The minimum Gasteiger partial charge on any atom is -0.364 e. The Balaban J connectivity index is 1.52. The first-order valence-corrected chi connectivity index (χ1v) is 7.22. The molecule has 0 spiro atoms. The number of amides is 1. The van der Waals surface area contributed by atoms with Crippen LogP contribution in [0.1, 0.15) is 25.0 Å². The number of nitrogens with one attached hydrogen (secondary N) is 2. The molecule has 1 amide bonds. The SMILES string of the molecule is O=C(Nc1ccc(NCc2ccccn2)nc1)C1CCC1. The standard InChI is InChI=1S/C16H18N4O/c21-16(12-4-3-5-12)20-14-7-8-15(19-11-14)18-10-13-6-1-2-9-17-13/h1-2,6-9,11-12H,3-5,10H2,(H,18,19)(H,20,21). The average Bonchev–Trinajstić information content (AvgIpc) is 2.46. The van der Waals surface area contributed by atoms with E-state index < -0.39 is 0 Å². The maximum absolute atomic E-state index is 11.8. The van der Waals surface area contributed by atoms with E-state index in [0.717, 1.165) is 36.5 Å². The number of carbonyl (C=O) groups is 1. The lowest BCUT2D eigenvalue weighted by Gasteiger charge is -2.23. The molecule has 0 aliphatic heterocycles. The topological polar surface area (TPSA) is 66.9 Å². The third-order valence-electron chi connectivity index (χ3n) is 3.68. The minimum atomic E-state index is 0.109. The molecule has 1 aliphatic rings. The highest BCUT2D eigenvalue weighted by molar-refractivity contribution is 5.92. The Morgan fingerprint density at radius 3 is 2.71 bits per heavy atom. The van der Waals surface area contributed by atoms with Crippen LogP contribution in [0.5, 0.6) is 0 Å². The van der Waals surface area contributed by atoms with E-state index >= 15 is 0 Å². The van der Waals surface area contributed by atoms with Crippen molar-refractivity contribution in [2.75, 3.05) is 10.6 Å². The molecular weight excluding hydrogens is 264 g/mol. The number of anilines is 2. The zero-order valence-electron chi connectivity index (χ0n) is 11.7. The van der Waals surface area contributed by atoms with Gasteiger partial charge < -0.3 is 10.6 Å². The number of hydrogen-bond donors (Lipinski definition) is 2. The Morgan fingerprint density at radius 2 is 2.10 bits per heavy atom. The van der Waals surface area contributed by atoms with E-state index in [1.54, 1.807) is 12.4 Å². The molecule has 0 radical (unpaired) electrons. The lowest BCUT2D eigenvalue weighted by Crippen LogP contribution is -2.28. The molecule has 0 unspecified atom stereocenters. The molecule has 1 saturated carbocycles. The molecule has 3 rings (SSSR count). The lowest BCUT2D eigenvalue weighted by molar-refractivity contribution is -0.122. The number of hydrogen-bond acceptors (Lipinski definition) is 4. The smallest absolute Gasteiger partial charge is 0.227 e. The van der Waals surface area contributed by atoms with Gasteiger partial charge in [-0.2, -0.15) is 0 Å². The van der Waals surface area contributed by atoms with Gasteiger partial charge in [-0.05, 0) is 37.1 Å². The molecule has 1 aliphatic carbocycles. The van der Waals surface area contributed by atoms with E-state index in [0.29, 0.717) is 6.54 Å². The zero-order chi connectivity index (χ0) is 14.5. The van der Waals surface area contributed by atoms with Crippen molar-refractivity contribution in [2.45, 2.75) is 25.8 Å². The molecule has 2 N–H and O–H groups in total. The molecule has 0 aromatic carbocycles. The van der Waals surface area contributed by atoms with Crippen LogP contribution in [0.25, 0.3) is 0 Å². The van der Waals surface area contributed by atoms with Crippen LogP contribution in [0.4, 0.5) is 11.5 Å². The maximum Gasteiger partial charge on any atom is 0.227 e. The van der Waals surface area contributed by atoms with Gasteiger partial charge in [-0.25, -0.2) is 4.98 Å². The summed E-state index contributed by atoms with van der Waals surface area (Å²) in [6.07, 6.45) is 6.61. The van der Waals surface area contributed by atoms with Crippen molar-refractivity contribution < 1.29 is 4.79 Å². The molecular formula is C16H18N4O. The van der Waals surface area contributed by atoms with Crippen molar-refractivity contribution in [1.29, 1.82) is 0 Å². The third-order valence-corrected chi connectivity index (χ3v) is 3.68. The highest BCUT2D eigenvalue weighted by atomic mass is 16.1. The summed E-state index contributed by atoms with van der Waals surface area (Å²) in [5.74, 6) is 1.06. The Morgan fingerprint density at radius 1 is 1.19 bits per heavy atom. The summed E-state index contributed by atoms with van der Waals surface area (Å²) >= 11 is 0. The third kappa shape index (κ3) is 3.56. The number of rotatable bonds is 5. The fourth-order valence-corrected chi connectivity index (χ4v) is 2.17. The molecule has 21 heavy (non-hydrogen) atoms. The van der Waals surface area contributed by atoms with Crippen molar-refractivity contribution >= 4 is 17.4 Å². The van der Waals surface area contributed by atoms with Crippen LogP contribution in [-0.4, -0.2) is 15.9 Å². The summed E-state index contributed by atoms with van der Waals surface area (Å²) in [5, 5.41) is 6.10. The maximum atomic E-state index is 11.8. The highest BCUT2D eigenvalue weighted by Crippen LogP contribution is 2.27. The van der Waals surface area contributed by atoms with Crippen molar-refractivity contribution in [2.24, 2.45) is 5.92 Å². The van der Waals surface area contributed by atoms with Gasteiger partial charge in [-0.1, -0.05) is 12.5 Å². The van der Waals surface area contributed by atoms with Gasteiger partial charge in [0.1, 0.15) is 5.82 Å². The van der Waals surface area contributed by atoms with Gasteiger partial charge in [0.15, 0.2) is 0 Å². The van der Waals surface area contributed by atoms with Crippen LogP contribution in [-0.2, 0) is 11.3 Å². The summed E-state index contributed by atoms with van der Waals surface area (Å²) in [6, 6.07) is 9.53. The largest absolute Gasteiger partial charge is 0.364 e. The summed E-state index contributed by atoms with van der Waals surface area (Å²) in [6.45, 7) is 0.627. The second-order valence-corrected chi connectivity index (χ2v) is 5.22. The Kier molecular flexibility index (Phi) is 4.09. The van der Waals surface area contributed by atoms with Gasteiger partial charge in [0, 0.05) is 12.1 Å². The predicted octanol–water partition coefficient (Wildman–Crippen LogP) is 2.83. The van der Waals surface area contributed by atoms with Crippen molar-refractivity contribution in [1.82, 2.24) is 9.97 Å². The molecule has 2 aromatic rings. The number of carbonyl (C=O) groups excluding carboxylic acids is 1. The molecule has 0 atom stereocenters. The van der Waals surface area contributed by atoms with Crippen molar-refractivity contribution in [3.05, 3.63) is 48.4 Å². The van der Waals surface area contributed by atoms with E-state index in [1.165, 1.54) is 0 Å². The number of pyridine rings is 2. The van der Waals surface area contributed by atoms with Gasteiger partial charge in [0.25, 0.3) is 0 Å². The van der Waals surface area contributed by atoms with Gasteiger partial charge >= 0.3 is 0 Å². The quantitative estimate of drug-likeness (QED) is 0.885. The number of nitrogens with zero attached hydrogens (tertiary/aromatic N) is 2. The van der Waals surface area contributed by atoms with E-state index in [-0.39, 0.29) is 11.8 Å². The molecule has 0 bridgehead atoms. The molecule has 2 heterocycles. The Hall–Kier alpha value is -2.43. The summed E-state index contributed by atoms with van der Waals surface area (Å²) < 4.78 is 0. The zero-order valence-corrected chi connectivity index (χ0v) is 11.7. The molecule has 5 heteroatoms. The second-order valence-electron chi connectivity index (χ2n) is 5.22. The van der Waals surface area contributed by atoms with Gasteiger partial charge in [0.2, 0.25) is 5.91 Å². The van der Waals surface area contributed by atoms with Crippen molar-refractivity contribution in [3.63, 3.8) is 0 Å². The molecule has 108 valence electrons. The Labute approximate surface area is 123 Å². The van der Waals surface area contributed by atoms with E-state index in [1.807, 2.05) is 30.3 Å². The predicted molar refractivity (Wildman–Crippen MR) is 81.8 cm³/mol. The van der Waals surface area contributed by atoms with Gasteiger partial charge in [-0.3, -0.25) is 9.78 Å². The number of aromatic nitrogens is 2. The van der Waals surface area contributed by atoms with Gasteiger partial charge in [0.05, 0.1) is 24.1 Å². The average molecular weight is 282 g/mol. The van der Waals surface area contributed by atoms with Crippen LogP contribution in [0.15, 0.2) is 42.7 Å². The molecule has 1 fully saturated rings.